The van der Waals surface area contributed by atoms with Crippen molar-refractivity contribution in [2.45, 2.75) is 31.0 Å². The van der Waals surface area contributed by atoms with Gasteiger partial charge in [0.1, 0.15) is 5.76 Å². The van der Waals surface area contributed by atoms with Crippen molar-refractivity contribution in [1.29, 1.82) is 0 Å². The van der Waals surface area contributed by atoms with Crippen LogP contribution >= 0.6 is 11.8 Å². The molecule has 0 atom stereocenters. The van der Waals surface area contributed by atoms with Gasteiger partial charge in [-0.15, -0.1) is 10.2 Å². The number of carbonyl (C=O) groups excluding carboxylic acids is 1. The van der Waals surface area contributed by atoms with E-state index in [9.17, 15) is 13.2 Å². The highest BCUT2D eigenvalue weighted by atomic mass is 32.2. The second kappa shape index (κ2) is 9.78. The van der Waals surface area contributed by atoms with Crippen LogP contribution in [0.2, 0.25) is 0 Å². The number of rotatable bonds is 8. The predicted molar refractivity (Wildman–Crippen MR) is 123 cm³/mol. The highest BCUT2D eigenvalue weighted by molar-refractivity contribution is 7.99. The number of thioether (sulfide) groups is 1. The van der Waals surface area contributed by atoms with Crippen molar-refractivity contribution in [3.63, 3.8) is 0 Å². The Hall–Kier alpha value is -2.79. The summed E-state index contributed by atoms with van der Waals surface area (Å²) in [6.07, 6.45) is 6.00. The zero-order chi connectivity index (χ0) is 22.6. The number of anilines is 1. The van der Waals surface area contributed by atoms with Crippen LogP contribution in [0.4, 0.5) is 5.69 Å². The first-order valence-corrected chi connectivity index (χ1v) is 13.2. The van der Waals surface area contributed by atoms with Crippen molar-refractivity contribution >= 4 is 33.4 Å². The fraction of sp³-hybridized carbons (Fsp3) is 0.381. The summed E-state index contributed by atoms with van der Waals surface area (Å²) in [5.74, 6) is 1.76. The van der Waals surface area contributed by atoms with Crippen LogP contribution in [0.5, 0.6) is 0 Å². The molecular weight excluding hydrogens is 450 g/mol. The molecule has 0 bridgehead atoms. The van der Waals surface area contributed by atoms with Crippen molar-refractivity contribution in [1.82, 2.24) is 19.7 Å². The molecule has 0 spiro atoms. The number of furan rings is 1. The van der Waals surface area contributed by atoms with Crippen LogP contribution in [0.25, 0.3) is 11.4 Å². The Morgan fingerprint density at radius 3 is 2.53 bits per heavy atom. The van der Waals surface area contributed by atoms with Crippen LogP contribution < -0.4 is 4.72 Å². The smallest absolute Gasteiger partial charge is 0.233 e. The third kappa shape index (κ3) is 5.71. The molecule has 1 saturated heterocycles. The summed E-state index contributed by atoms with van der Waals surface area (Å²) in [5.41, 5.74) is 1.24. The number of nitrogens with zero attached hydrogens (tertiary/aromatic N) is 4. The highest BCUT2D eigenvalue weighted by Gasteiger charge is 2.20. The topological polar surface area (TPSA) is 110 Å². The van der Waals surface area contributed by atoms with Gasteiger partial charge in [-0.2, -0.15) is 0 Å². The lowest BCUT2D eigenvalue weighted by atomic mass is 10.1. The predicted octanol–water partition coefficient (Wildman–Crippen LogP) is 3.06. The molecule has 1 amide bonds. The number of amides is 1. The van der Waals surface area contributed by atoms with E-state index in [0.29, 0.717) is 29.0 Å². The molecule has 1 aliphatic rings. The quantitative estimate of drug-likeness (QED) is 0.499. The lowest BCUT2D eigenvalue weighted by Gasteiger charge is -2.26. The summed E-state index contributed by atoms with van der Waals surface area (Å²) in [5, 5.41) is 9.30. The lowest BCUT2D eigenvalue weighted by molar-refractivity contribution is -0.129. The van der Waals surface area contributed by atoms with Gasteiger partial charge >= 0.3 is 0 Å². The van der Waals surface area contributed by atoms with E-state index in [2.05, 4.69) is 14.9 Å². The van der Waals surface area contributed by atoms with Crippen LogP contribution in [0.3, 0.4) is 0 Å². The molecule has 32 heavy (non-hydrogen) atoms. The number of hydrogen-bond donors (Lipinski definition) is 1. The summed E-state index contributed by atoms with van der Waals surface area (Å²) >= 11 is 1.36. The van der Waals surface area contributed by atoms with E-state index in [1.165, 1.54) is 18.2 Å². The molecule has 9 nitrogen and oxygen atoms in total. The van der Waals surface area contributed by atoms with Crippen LogP contribution in [0.15, 0.2) is 52.2 Å². The van der Waals surface area contributed by atoms with E-state index in [-0.39, 0.29) is 5.91 Å². The van der Waals surface area contributed by atoms with E-state index in [1.807, 2.05) is 21.6 Å². The molecule has 1 N–H and O–H groups in total. The summed E-state index contributed by atoms with van der Waals surface area (Å²) in [6.45, 7) is 2.05. The van der Waals surface area contributed by atoms with Crippen molar-refractivity contribution in [2.75, 3.05) is 29.8 Å². The largest absolute Gasteiger partial charge is 0.467 e. The van der Waals surface area contributed by atoms with Gasteiger partial charge in [0.25, 0.3) is 0 Å². The Bertz CT molecular complexity index is 1150. The Labute approximate surface area is 191 Å². The van der Waals surface area contributed by atoms with E-state index in [1.54, 1.807) is 30.5 Å². The van der Waals surface area contributed by atoms with Crippen molar-refractivity contribution < 1.29 is 17.6 Å². The zero-order valence-electron chi connectivity index (χ0n) is 17.7. The molecule has 2 aromatic heterocycles. The Kier molecular flexibility index (Phi) is 6.85. The van der Waals surface area contributed by atoms with Gasteiger partial charge in [-0.05, 0) is 55.7 Å². The summed E-state index contributed by atoms with van der Waals surface area (Å²) < 4.78 is 32.8. The van der Waals surface area contributed by atoms with E-state index < -0.39 is 10.0 Å². The first-order chi connectivity index (χ1) is 15.4. The molecular formula is C21H25N5O4S2. The SMILES string of the molecule is CS(=O)(=O)Nc1ccc(-c2nnc(SCC(=O)N3CCCCC3)n2Cc2ccco2)cc1. The molecule has 0 radical (unpaired) electrons. The van der Waals surface area contributed by atoms with Crippen molar-refractivity contribution in [3.05, 3.63) is 48.4 Å². The molecule has 1 aromatic carbocycles. The van der Waals surface area contributed by atoms with Gasteiger partial charge in [0.15, 0.2) is 11.0 Å². The number of hydrogen-bond acceptors (Lipinski definition) is 7. The average Bonchev–Trinajstić information content (AvgIpc) is 3.43. The third-order valence-corrected chi connectivity index (χ3v) is 6.65. The van der Waals surface area contributed by atoms with Crippen LogP contribution in [0, 0.1) is 0 Å². The molecule has 11 heteroatoms. The fourth-order valence-electron chi connectivity index (χ4n) is 3.57. The molecule has 0 saturated carbocycles. The van der Waals surface area contributed by atoms with Crippen LogP contribution in [-0.2, 0) is 21.4 Å². The number of sulfonamides is 1. The van der Waals surface area contributed by atoms with Gasteiger partial charge in [-0.1, -0.05) is 11.8 Å². The standard InChI is InChI=1S/C21H25N5O4S2/c1-32(28,29)24-17-9-7-16(8-10-17)20-22-23-21(26(20)14-18-6-5-13-30-18)31-15-19(27)25-11-3-2-4-12-25/h5-10,13,24H,2-4,11-12,14-15H2,1H3. The number of nitrogens with one attached hydrogen (secondary N) is 1. The van der Waals surface area contributed by atoms with Crippen LogP contribution in [-0.4, -0.2) is 59.1 Å². The Balaban J connectivity index is 1.55. The summed E-state index contributed by atoms with van der Waals surface area (Å²) in [7, 11) is -3.35. The van der Waals surface area contributed by atoms with Crippen molar-refractivity contribution in [3.8, 4) is 11.4 Å². The van der Waals surface area contributed by atoms with Gasteiger partial charge in [-0.3, -0.25) is 14.1 Å². The van der Waals surface area contributed by atoms with Crippen LogP contribution in [0.1, 0.15) is 25.0 Å². The fourth-order valence-corrected chi connectivity index (χ4v) is 4.98. The molecule has 3 heterocycles. The van der Waals surface area contributed by atoms with E-state index in [4.69, 9.17) is 4.42 Å². The van der Waals surface area contributed by atoms with Gasteiger partial charge in [-0.25, -0.2) is 8.42 Å². The Morgan fingerprint density at radius 1 is 1.12 bits per heavy atom. The molecule has 170 valence electrons. The van der Waals surface area contributed by atoms with Gasteiger partial charge < -0.3 is 9.32 Å². The van der Waals surface area contributed by atoms with Gasteiger partial charge in [0, 0.05) is 24.3 Å². The zero-order valence-corrected chi connectivity index (χ0v) is 19.4. The minimum absolute atomic E-state index is 0.111. The minimum Gasteiger partial charge on any atom is -0.467 e. The maximum Gasteiger partial charge on any atom is 0.233 e. The van der Waals surface area contributed by atoms with Gasteiger partial charge in [0.2, 0.25) is 15.9 Å². The number of benzene rings is 1. The molecule has 0 aliphatic carbocycles. The van der Waals surface area contributed by atoms with E-state index in [0.717, 1.165) is 43.5 Å². The minimum atomic E-state index is -3.35. The molecule has 1 fully saturated rings. The normalized spacial score (nSPS) is 14.5. The average molecular weight is 476 g/mol. The second-order valence-electron chi connectivity index (χ2n) is 7.65. The number of aromatic nitrogens is 3. The third-order valence-electron chi connectivity index (χ3n) is 5.09. The number of likely N-dealkylation sites (tertiary alicyclic amines) is 1. The van der Waals surface area contributed by atoms with Gasteiger partial charge in [0.05, 0.1) is 24.8 Å². The summed E-state index contributed by atoms with van der Waals surface area (Å²) in [4.78, 5) is 14.5. The molecule has 4 rings (SSSR count). The lowest BCUT2D eigenvalue weighted by Crippen LogP contribution is -2.36. The monoisotopic (exact) mass is 475 g/mol. The Morgan fingerprint density at radius 2 is 1.88 bits per heavy atom. The molecule has 0 unspecified atom stereocenters. The molecule has 1 aliphatic heterocycles. The first kappa shape index (κ1) is 22.4. The maximum atomic E-state index is 12.6. The van der Waals surface area contributed by atoms with E-state index >= 15 is 0 Å². The maximum absolute atomic E-state index is 12.6. The summed E-state index contributed by atoms with van der Waals surface area (Å²) in [6, 6.07) is 10.6. The second-order valence-corrected chi connectivity index (χ2v) is 10.3. The first-order valence-electron chi connectivity index (χ1n) is 10.3. The number of piperidine rings is 1. The molecule has 3 aromatic rings. The van der Waals surface area contributed by atoms with Crippen molar-refractivity contribution in [2.24, 2.45) is 0 Å². The number of carbonyl (C=O) groups is 1. The highest BCUT2D eigenvalue weighted by Crippen LogP contribution is 2.27.